The van der Waals surface area contributed by atoms with Gasteiger partial charge in [0, 0.05) is 6.92 Å². The third-order valence-electron chi connectivity index (χ3n) is 3.45. The van der Waals surface area contributed by atoms with Crippen molar-refractivity contribution in [3.8, 4) is 5.75 Å². The summed E-state index contributed by atoms with van der Waals surface area (Å²) >= 11 is 0. The SMILES string of the molecule is COc1ccc(C)cc1S(=O)(=O)NC(CC(C)C)c1nnc(C)o1. The Bertz CT molecular complexity index is 799. The molecule has 0 saturated heterocycles. The van der Waals surface area contributed by atoms with Crippen molar-refractivity contribution >= 4 is 10.0 Å². The molecule has 0 radical (unpaired) electrons. The van der Waals surface area contributed by atoms with E-state index in [-0.39, 0.29) is 22.5 Å². The molecule has 8 heteroatoms. The first kappa shape index (κ1) is 18.4. The molecule has 0 aliphatic rings. The summed E-state index contributed by atoms with van der Waals surface area (Å²) in [5.74, 6) is 1.19. The van der Waals surface area contributed by atoms with Crippen LogP contribution in [-0.4, -0.2) is 25.7 Å². The van der Waals surface area contributed by atoms with E-state index in [9.17, 15) is 8.42 Å². The van der Waals surface area contributed by atoms with Gasteiger partial charge in [-0.25, -0.2) is 8.42 Å². The minimum Gasteiger partial charge on any atom is -0.495 e. The van der Waals surface area contributed by atoms with E-state index >= 15 is 0 Å². The van der Waals surface area contributed by atoms with Crippen molar-refractivity contribution in [1.29, 1.82) is 0 Å². The lowest BCUT2D eigenvalue weighted by Crippen LogP contribution is -2.30. The van der Waals surface area contributed by atoms with Gasteiger partial charge in [0.15, 0.2) is 0 Å². The van der Waals surface area contributed by atoms with Gasteiger partial charge >= 0.3 is 0 Å². The van der Waals surface area contributed by atoms with Crippen LogP contribution in [0.15, 0.2) is 27.5 Å². The molecule has 0 spiro atoms. The Morgan fingerprint density at radius 3 is 2.50 bits per heavy atom. The molecule has 0 amide bonds. The van der Waals surface area contributed by atoms with Gasteiger partial charge in [0.1, 0.15) is 16.7 Å². The van der Waals surface area contributed by atoms with E-state index in [0.717, 1.165) is 5.56 Å². The summed E-state index contributed by atoms with van der Waals surface area (Å²) in [5.41, 5.74) is 0.824. The zero-order valence-electron chi connectivity index (χ0n) is 14.5. The lowest BCUT2D eigenvalue weighted by molar-refractivity contribution is 0.370. The summed E-state index contributed by atoms with van der Waals surface area (Å²) in [5, 5.41) is 7.75. The monoisotopic (exact) mass is 353 g/mol. The van der Waals surface area contributed by atoms with Gasteiger partial charge in [0.05, 0.1) is 7.11 Å². The van der Waals surface area contributed by atoms with Crippen molar-refractivity contribution < 1.29 is 17.6 Å². The number of hydrogen-bond donors (Lipinski definition) is 1. The Morgan fingerprint density at radius 1 is 1.25 bits per heavy atom. The van der Waals surface area contributed by atoms with Crippen LogP contribution in [-0.2, 0) is 10.0 Å². The Labute approximate surface area is 142 Å². The number of sulfonamides is 1. The molecule has 0 aliphatic carbocycles. The first-order chi connectivity index (χ1) is 11.2. The average Bonchev–Trinajstić information content (AvgIpc) is 2.92. The van der Waals surface area contributed by atoms with E-state index in [2.05, 4.69) is 14.9 Å². The predicted octanol–water partition coefficient (Wildman–Crippen LogP) is 2.76. The predicted molar refractivity (Wildman–Crippen MR) is 89.3 cm³/mol. The summed E-state index contributed by atoms with van der Waals surface area (Å²) in [6, 6.07) is 4.41. The summed E-state index contributed by atoms with van der Waals surface area (Å²) in [6.07, 6.45) is 0.537. The normalized spacial score (nSPS) is 13.2. The molecule has 132 valence electrons. The average molecular weight is 353 g/mol. The van der Waals surface area contributed by atoms with Gasteiger partial charge in [0.2, 0.25) is 21.8 Å². The minimum absolute atomic E-state index is 0.0926. The highest BCUT2D eigenvalue weighted by Gasteiger charge is 2.28. The van der Waals surface area contributed by atoms with E-state index in [4.69, 9.17) is 9.15 Å². The maximum absolute atomic E-state index is 12.9. The first-order valence-corrected chi connectivity index (χ1v) is 9.18. The van der Waals surface area contributed by atoms with Gasteiger partial charge < -0.3 is 9.15 Å². The van der Waals surface area contributed by atoms with Crippen LogP contribution in [0, 0.1) is 19.8 Å². The molecule has 0 saturated carbocycles. The minimum atomic E-state index is -3.81. The third-order valence-corrected chi connectivity index (χ3v) is 4.95. The van der Waals surface area contributed by atoms with Crippen LogP contribution >= 0.6 is 0 Å². The fourth-order valence-corrected chi connectivity index (χ4v) is 3.82. The number of nitrogens with zero attached hydrogens (tertiary/aromatic N) is 2. The van der Waals surface area contributed by atoms with Crippen LogP contribution in [0.2, 0.25) is 0 Å². The highest BCUT2D eigenvalue weighted by Crippen LogP contribution is 2.28. The molecule has 0 bridgehead atoms. The van der Waals surface area contributed by atoms with Gasteiger partial charge in [-0.15, -0.1) is 10.2 Å². The van der Waals surface area contributed by atoms with Gasteiger partial charge in [-0.3, -0.25) is 0 Å². The van der Waals surface area contributed by atoms with Gasteiger partial charge in [-0.1, -0.05) is 19.9 Å². The Hall–Kier alpha value is -1.93. The van der Waals surface area contributed by atoms with Crippen LogP contribution in [0.3, 0.4) is 0 Å². The lowest BCUT2D eigenvalue weighted by Gasteiger charge is -2.18. The molecule has 1 unspecified atom stereocenters. The van der Waals surface area contributed by atoms with Crippen LogP contribution in [0.5, 0.6) is 5.75 Å². The zero-order valence-corrected chi connectivity index (χ0v) is 15.3. The van der Waals surface area contributed by atoms with E-state index in [0.29, 0.717) is 12.3 Å². The molecule has 2 aromatic rings. The molecule has 0 aliphatic heterocycles. The van der Waals surface area contributed by atoms with Crippen molar-refractivity contribution in [2.45, 2.75) is 45.1 Å². The number of aryl methyl sites for hydroxylation is 2. The van der Waals surface area contributed by atoms with E-state index in [1.165, 1.54) is 7.11 Å². The van der Waals surface area contributed by atoms with E-state index in [1.54, 1.807) is 25.1 Å². The largest absolute Gasteiger partial charge is 0.495 e. The number of rotatable bonds is 7. The standard InChI is InChI=1S/C16H23N3O4S/c1-10(2)8-13(16-18-17-12(4)23-16)19-24(20,21)15-9-11(3)6-7-14(15)22-5/h6-7,9-10,13,19H,8H2,1-5H3. The van der Waals surface area contributed by atoms with Crippen molar-refractivity contribution in [3.05, 3.63) is 35.5 Å². The molecular formula is C16H23N3O4S. The molecule has 0 fully saturated rings. The fourth-order valence-electron chi connectivity index (χ4n) is 2.37. The highest BCUT2D eigenvalue weighted by atomic mass is 32.2. The number of hydrogen-bond acceptors (Lipinski definition) is 6. The second-order valence-corrected chi connectivity index (χ2v) is 7.80. The smallest absolute Gasteiger partial charge is 0.244 e. The molecular weight excluding hydrogens is 330 g/mol. The van der Waals surface area contributed by atoms with Crippen LogP contribution in [0.1, 0.15) is 43.7 Å². The molecule has 1 atom stereocenters. The summed E-state index contributed by atoms with van der Waals surface area (Å²) in [7, 11) is -2.37. The second kappa shape index (κ2) is 7.31. The summed E-state index contributed by atoms with van der Waals surface area (Å²) in [6.45, 7) is 7.49. The van der Waals surface area contributed by atoms with E-state index < -0.39 is 16.1 Å². The summed E-state index contributed by atoms with van der Waals surface area (Å²) < 4.78 is 39.0. The number of aromatic nitrogens is 2. The molecule has 1 aromatic carbocycles. The van der Waals surface area contributed by atoms with Crippen molar-refractivity contribution in [3.63, 3.8) is 0 Å². The zero-order chi connectivity index (χ0) is 17.9. The third kappa shape index (κ3) is 4.33. The van der Waals surface area contributed by atoms with Gasteiger partial charge in [-0.05, 0) is 37.0 Å². The Balaban J connectivity index is 2.38. The first-order valence-electron chi connectivity index (χ1n) is 7.70. The van der Waals surface area contributed by atoms with Crippen molar-refractivity contribution in [2.75, 3.05) is 7.11 Å². The van der Waals surface area contributed by atoms with Gasteiger partial charge in [-0.2, -0.15) is 4.72 Å². The van der Waals surface area contributed by atoms with Crippen LogP contribution in [0.25, 0.3) is 0 Å². The van der Waals surface area contributed by atoms with Crippen LogP contribution < -0.4 is 9.46 Å². The maximum Gasteiger partial charge on any atom is 0.244 e. The fraction of sp³-hybridized carbons (Fsp3) is 0.500. The molecule has 1 aromatic heterocycles. The number of nitrogens with one attached hydrogen (secondary N) is 1. The maximum atomic E-state index is 12.9. The van der Waals surface area contributed by atoms with Crippen LogP contribution in [0.4, 0.5) is 0 Å². The number of methoxy groups -OCH3 is 1. The second-order valence-electron chi connectivity index (χ2n) is 6.12. The van der Waals surface area contributed by atoms with Gasteiger partial charge in [0.25, 0.3) is 0 Å². The molecule has 7 nitrogen and oxygen atoms in total. The molecule has 1 heterocycles. The Morgan fingerprint density at radius 2 is 1.96 bits per heavy atom. The summed E-state index contributed by atoms with van der Waals surface area (Å²) in [4.78, 5) is 0.0926. The Kier molecular flexibility index (Phi) is 5.61. The number of ether oxygens (including phenoxy) is 1. The lowest BCUT2D eigenvalue weighted by atomic mass is 10.0. The highest BCUT2D eigenvalue weighted by molar-refractivity contribution is 7.89. The number of benzene rings is 1. The molecule has 2 rings (SSSR count). The molecule has 24 heavy (non-hydrogen) atoms. The molecule has 1 N–H and O–H groups in total. The quantitative estimate of drug-likeness (QED) is 0.822. The van der Waals surface area contributed by atoms with Crippen molar-refractivity contribution in [1.82, 2.24) is 14.9 Å². The van der Waals surface area contributed by atoms with Crippen molar-refractivity contribution in [2.24, 2.45) is 5.92 Å². The van der Waals surface area contributed by atoms with E-state index in [1.807, 2.05) is 20.8 Å². The topological polar surface area (TPSA) is 94.3 Å².